The molecule has 33 heavy (non-hydrogen) atoms. The number of amides is 1. The fourth-order valence-electron chi connectivity index (χ4n) is 3.21. The van der Waals surface area contributed by atoms with Crippen molar-refractivity contribution in [1.82, 2.24) is 5.43 Å². The summed E-state index contributed by atoms with van der Waals surface area (Å²) in [5.74, 6) is 0.725. The molecule has 0 aliphatic rings. The Morgan fingerprint density at radius 1 is 0.879 bits per heavy atom. The number of hydrogen-bond donors (Lipinski definition) is 1. The van der Waals surface area contributed by atoms with Crippen LogP contribution in [0.1, 0.15) is 74.2 Å². The van der Waals surface area contributed by atoms with E-state index in [0.29, 0.717) is 34.8 Å². The highest BCUT2D eigenvalue weighted by atomic mass is 16.6. The summed E-state index contributed by atoms with van der Waals surface area (Å²) < 4.78 is 15.9. The van der Waals surface area contributed by atoms with Gasteiger partial charge in [0.05, 0.1) is 26.0 Å². The van der Waals surface area contributed by atoms with Crippen LogP contribution in [-0.4, -0.2) is 32.3 Å². The molecule has 0 bridgehead atoms. The number of rotatable bonds is 14. The quantitative estimate of drug-likeness (QED) is 0.134. The molecule has 178 valence electrons. The van der Waals surface area contributed by atoms with E-state index < -0.39 is 5.97 Å². The number of hydrogen-bond acceptors (Lipinski definition) is 6. The molecule has 1 amide bonds. The Labute approximate surface area is 196 Å². The van der Waals surface area contributed by atoms with Gasteiger partial charge < -0.3 is 14.2 Å². The molecular formula is C26H34N2O5. The van der Waals surface area contributed by atoms with Gasteiger partial charge in [0, 0.05) is 6.42 Å². The largest absolute Gasteiger partial charge is 0.497 e. The standard InChI is InChI=1S/C26H34N2O5/c1-4-5-6-7-8-9-10-11-25(29)28-27-19-20-12-17-23(24(18-20)32-3)33-26(30)21-13-15-22(31-2)16-14-21/h12-19H,4-11H2,1-3H3,(H,28,29)/b27-19-. The number of nitrogens with one attached hydrogen (secondary N) is 1. The van der Waals surface area contributed by atoms with Crippen molar-refractivity contribution in [2.75, 3.05) is 14.2 Å². The number of esters is 1. The van der Waals surface area contributed by atoms with Crippen LogP contribution in [0.25, 0.3) is 0 Å². The number of unbranched alkanes of at least 4 members (excludes halogenated alkanes) is 6. The first-order chi connectivity index (χ1) is 16.1. The summed E-state index contributed by atoms with van der Waals surface area (Å²) >= 11 is 0. The van der Waals surface area contributed by atoms with Gasteiger partial charge in [-0.25, -0.2) is 10.2 Å². The van der Waals surface area contributed by atoms with Gasteiger partial charge in [0.1, 0.15) is 5.75 Å². The zero-order valence-electron chi connectivity index (χ0n) is 19.8. The molecule has 0 saturated heterocycles. The van der Waals surface area contributed by atoms with E-state index >= 15 is 0 Å². The predicted octanol–water partition coefficient (Wildman–Crippen LogP) is 5.51. The maximum absolute atomic E-state index is 12.4. The Kier molecular flexibility index (Phi) is 11.5. The van der Waals surface area contributed by atoms with Gasteiger partial charge in [0.15, 0.2) is 11.5 Å². The lowest BCUT2D eigenvalue weighted by Gasteiger charge is -2.10. The van der Waals surface area contributed by atoms with Crippen LogP contribution in [-0.2, 0) is 4.79 Å². The normalized spacial score (nSPS) is 10.8. The molecule has 0 fully saturated rings. The molecule has 0 unspecified atom stereocenters. The molecule has 0 spiro atoms. The lowest BCUT2D eigenvalue weighted by atomic mass is 10.1. The molecule has 0 heterocycles. The molecule has 0 aromatic heterocycles. The van der Waals surface area contributed by atoms with Crippen molar-refractivity contribution < 1.29 is 23.8 Å². The Hall–Kier alpha value is -3.35. The third kappa shape index (κ3) is 9.35. The van der Waals surface area contributed by atoms with E-state index in [2.05, 4.69) is 17.5 Å². The lowest BCUT2D eigenvalue weighted by Crippen LogP contribution is -2.16. The third-order valence-corrected chi connectivity index (χ3v) is 5.13. The van der Waals surface area contributed by atoms with Crippen molar-refractivity contribution >= 4 is 18.1 Å². The topological polar surface area (TPSA) is 86.2 Å². The van der Waals surface area contributed by atoms with Crippen molar-refractivity contribution in [1.29, 1.82) is 0 Å². The zero-order chi connectivity index (χ0) is 23.9. The maximum Gasteiger partial charge on any atom is 0.343 e. The lowest BCUT2D eigenvalue weighted by molar-refractivity contribution is -0.121. The predicted molar refractivity (Wildman–Crippen MR) is 129 cm³/mol. The minimum atomic E-state index is -0.505. The molecule has 7 nitrogen and oxygen atoms in total. The highest BCUT2D eigenvalue weighted by Gasteiger charge is 2.13. The van der Waals surface area contributed by atoms with Crippen molar-refractivity contribution in [3.8, 4) is 17.2 Å². The first-order valence-corrected chi connectivity index (χ1v) is 11.4. The van der Waals surface area contributed by atoms with Crippen molar-refractivity contribution in [3.05, 3.63) is 53.6 Å². The van der Waals surface area contributed by atoms with Gasteiger partial charge in [0.25, 0.3) is 0 Å². The summed E-state index contributed by atoms with van der Waals surface area (Å²) in [5.41, 5.74) is 3.65. The molecule has 0 atom stereocenters. The molecule has 2 aromatic carbocycles. The SMILES string of the molecule is CCCCCCCCCC(=O)N/N=C\c1ccc(OC(=O)c2ccc(OC)cc2)c(OC)c1. The Morgan fingerprint density at radius 2 is 1.58 bits per heavy atom. The average Bonchev–Trinajstić information content (AvgIpc) is 2.84. The van der Waals surface area contributed by atoms with E-state index in [1.54, 1.807) is 49.6 Å². The van der Waals surface area contributed by atoms with Crippen LogP contribution in [0, 0.1) is 0 Å². The molecule has 0 saturated carbocycles. The van der Waals surface area contributed by atoms with E-state index in [1.165, 1.54) is 45.4 Å². The minimum Gasteiger partial charge on any atom is -0.497 e. The van der Waals surface area contributed by atoms with Crippen LogP contribution in [0.4, 0.5) is 0 Å². The van der Waals surface area contributed by atoms with Gasteiger partial charge in [-0.1, -0.05) is 45.4 Å². The Balaban J connectivity index is 1.82. The summed E-state index contributed by atoms with van der Waals surface area (Å²) in [6.07, 6.45) is 10.1. The van der Waals surface area contributed by atoms with Crippen molar-refractivity contribution in [2.24, 2.45) is 5.10 Å². The Bertz CT molecular complexity index is 909. The van der Waals surface area contributed by atoms with Crippen LogP contribution in [0.15, 0.2) is 47.6 Å². The van der Waals surface area contributed by atoms with Crippen LogP contribution in [0.3, 0.4) is 0 Å². The van der Waals surface area contributed by atoms with Crippen molar-refractivity contribution in [2.45, 2.75) is 58.3 Å². The number of carbonyl (C=O) groups is 2. The van der Waals surface area contributed by atoms with Gasteiger partial charge >= 0.3 is 5.97 Å². The summed E-state index contributed by atoms with van der Waals surface area (Å²) in [4.78, 5) is 24.3. The summed E-state index contributed by atoms with van der Waals surface area (Å²) in [7, 11) is 3.05. The van der Waals surface area contributed by atoms with E-state index in [0.717, 1.165) is 12.8 Å². The number of carbonyl (C=O) groups excluding carboxylic acids is 2. The number of ether oxygens (including phenoxy) is 3. The van der Waals surface area contributed by atoms with Crippen LogP contribution in [0.5, 0.6) is 17.2 Å². The number of nitrogens with zero attached hydrogens (tertiary/aromatic N) is 1. The first-order valence-electron chi connectivity index (χ1n) is 11.4. The zero-order valence-corrected chi connectivity index (χ0v) is 19.8. The highest BCUT2D eigenvalue weighted by molar-refractivity contribution is 5.91. The minimum absolute atomic E-state index is 0.100. The van der Waals surface area contributed by atoms with Gasteiger partial charge in [-0.2, -0.15) is 5.10 Å². The van der Waals surface area contributed by atoms with E-state index in [1.807, 2.05) is 0 Å². The van der Waals surface area contributed by atoms with Crippen molar-refractivity contribution in [3.63, 3.8) is 0 Å². The van der Waals surface area contributed by atoms with Crippen LogP contribution in [0.2, 0.25) is 0 Å². The molecule has 2 rings (SSSR count). The smallest absolute Gasteiger partial charge is 0.343 e. The van der Waals surface area contributed by atoms with E-state index in [-0.39, 0.29) is 5.91 Å². The third-order valence-electron chi connectivity index (χ3n) is 5.13. The second-order valence-corrected chi connectivity index (χ2v) is 7.69. The monoisotopic (exact) mass is 454 g/mol. The molecule has 1 N–H and O–H groups in total. The summed E-state index contributed by atoms with van der Waals surface area (Å²) in [6, 6.07) is 11.7. The Morgan fingerprint density at radius 3 is 2.24 bits per heavy atom. The van der Waals surface area contributed by atoms with Crippen LogP contribution >= 0.6 is 0 Å². The average molecular weight is 455 g/mol. The second-order valence-electron chi connectivity index (χ2n) is 7.69. The maximum atomic E-state index is 12.4. The fraction of sp³-hybridized carbons (Fsp3) is 0.423. The van der Waals surface area contributed by atoms with E-state index in [4.69, 9.17) is 14.2 Å². The number of benzene rings is 2. The molecule has 0 radical (unpaired) electrons. The fourth-order valence-corrected chi connectivity index (χ4v) is 3.21. The van der Waals surface area contributed by atoms with Gasteiger partial charge in [-0.15, -0.1) is 0 Å². The molecule has 0 aliphatic carbocycles. The first kappa shape index (κ1) is 25.9. The second kappa shape index (κ2) is 14.7. The number of hydrazone groups is 1. The van der Waals surface area contributed by atoms with Gasteiger partial charge in [-0.05, 0) is 54.4 Å². The molecule has 2 aromatic rings. The van der Waals surface area contributed by atoms with Crippen LogP contribution < -0.4 is 19.6 Å². The van der Waals surface area contributed by atoms with E-state index in [9.17, 15) is 9.59 Å². The molecular weight excluding hydrogens is 420 g/mol. The molecule has 7 heteroatoms. The number of methoxy groups -OCH3 is 2. The van der Waals surface area contributed by atoms with Gasteiger partial charge in [0.2, 0.25) is 5.91 Å². The highest BCUT2D eigenvalue weighted by Crippen LogP contribution is 2.28. The van der Waals surface area contributed by atoms with Gasteiger partial charge in [-0.3, -0.25) is 4.79 Å². The summed E-state index contributed by atoms with van der Waals surface area (Å²) in [5, 5.41) is 4.01. The summed E-state index contributed by atoms with van der Waals surface area (Å²) in [6.45, 7) is 2.20. The molecule has 0 aliphatic heterocycles.